The topological polar surface area (TPSA) is 21.3 Å². The number of halogens is 3. The Bertz CT molecular complexity index is 683. The largest absolute Gasteiger partial charge is 0.457 e. The van der Waals surface area contributed by atoms with Crippen LogP contribution in [0.4, 0.5) is 10.1 Å². The van der Waals surface area contributed by atoms with Gasteiger partial charge in [0.05, 0.1) is 10.6 Å². The van der Waals surface area contributed by atoms with E-state index in [1.807, 2.05) is 6.08 Å². The minimum absolute atomic E-state index is 0.304. The zero-order valence-corrected chi connectivity index (χ0v) is 11.8. The van der Waals surface area contributed by atoms with Crippen LogP contribution in [0.2, 0.25) is 10.0 Å². The molecule has 0 fully saturated rings. The van der Waals surface area contributed by atoms with Gasteiger partial charge in [-0.05, 0) is 42.5 Å². The summed E-state index contributed by atoms with van der Waals surface area (Å²) in [7, 11) is 0. The number of fused-ring (bicyclic) bond motifs is 1. The van der Waals surface area contributed by atoms with Crippen LogP contribution in [-0.4, -0.2) is 6.54 Å². The fourth-order valence-corrected chi connectivity index (χ4v) is 2.63. The summed E-state index contributed by atoms with van der Waals surface area (Å²) in [6.45, 7) is 0.611. The molecule has 1 aliphatic heterocycles. The van der Waals surface area contributed by atoms with Crippen molar-refractivity contribution in [1.29, 1.82) is 0 Å². The van der Waals surface area contributed by atoms with Crippen LogP contribution in [-0.2, 0) is 0 Å². The molecular weight excluding hydrogens is 300 g/mol. The number of ether oxygens (including phenoxy) is 1. The van der Waals surface area contributed by atoms with Crippen molar-refractivity contribution in [2.24, 2.45) is 0 Å². The zero-order valence-electron chi connectivity index (χ0n) is 10.3. The maximum atomic E-state index is 12.9. The maximum Gasteiger partial charge on any atom is 0.136 e. The first-order chi connectivity index (χ1) is 9.63. The minimum Gasteiger partial charge on any atom is -0.457 e. The van der Waals surface area contributed by atoms with Crippen molar-refractivity contribution in [2.45, 2.75) is 0 Å². The van der Waals surface area contributed by atoms with E-state index in [1.54, 1.807) is 24.3 Å². The molecule has 1 aliphatic rings. The molecule has 2 nitrogen and oxygen atoms in total. The molecule has 0 atom stereocenters. The summed E-state index contributed by atoms with van der Waals surface area (Å²) in [5.74, 6) is 0.880. The minimum atomic E-state index is -0.304. The third kappa shape index (κ3) is 2.60. The van der Waals surface area contributed by atoms with Crippen molar-refractivity contribution >= 4 is 34.6 Å². The average molecular weight is 310 g/mol. The van der Waals surface area contributed by atoms with E-state index in [0.717, 1.165) is 11.3 Å². The SMILES string of the molecule is Fc1ccc(OC2=CCNc3cc(Cl)cc(Cl)c32)cc1. The van der Waals surface area contributed by atoms with Gasteiger partial charge in [0.15, 0.2) is 0 Å². The van der Waals surface area contributed by atoms with Gasteiger partial charge in [-0.25, -0.2) is 4.39 Å². The Labute approximate surface area is 125 Å². The van der Waals surface area contributed by atoms with E-state index < -0.39 is 0 Å². The Morgan fingerprint density at radius 3 is 2.60 bits per heavy atom. The number of rotatable bonds is 2. The predicted molar refractivity (Wildman–Crippen MR) is 80.0 cm³/mol. The van der Waals surface area contributed by atoms with E-state index in [4.69, 9.17) is 27.9 Å². The molecule has 0 bridgehead atoms. The summed E-state index contributed by atoms with van der Waals surface area (Å²) < 4.78 is 18.7. The van der Waals surface area contributed by atoms with Gasteiger partial charge in [0.25, 0.3) is 0 Å². The summed E-state index contributed by atoms with van der Waals surface area (Å²) in [5.41, 5.74) is 1.58. The summed E-state index contributed by atoms with van der Waals surface area (Å²) in [5, 5.41) is 4.25. The van der Waals surface area contributed by atoms with E-state index in [9.17, 15) is 4.39 Å². The van der Waals surface area contributed by atoms with Gasteiger partial charge >= 0.3 is 0 Å². The summed E-state index contributed by atoms with van der Waals surface area (Å²) >= 11 is 12.2. The van der Waals surface area contributed by atoms with Crippen molar-refractivity contribution in [2.75, 3.05) is 11.9 Å². The highest BCUT2D eigenvalue weighted by Crippen LogP contribution is 2.37. The lowest BCUT2D eigenvalue weighted by molar-refractivity contribution is 0.510. The van der Waals surface area contributed by atoms with E-state index in [0.29, 0.717) is 28.1 Å². The molecule has 0 radical (unpaired) electrons. The van der Waals surface area contributed by atoms with Gasteiger partial charge in [0.1, 0.15) is 17.3 Å². The Hall–Kier alpha value is -1.71. The van der Waals surface area contributed by atoms with E-state index in [-0.39, 0.29) is 5.82 Å². The van der Waals surface area contributed by atoms with Crippen LogP contribution in [0, 0.1) is 5.82 Å². The third-order valence-corrected chi connectivity index (χ3v) is 3.44. The number of hydrogen-bond acceptors (Lipinski definition) is 2. The molecule has 0 amide bonds. The normalized spacial score (nSPS) is 13.2. The first-order valence-electron chi connectivity index (χ1n) is 6.00. The molecule has 3 rings (SSSR count). The van der Waals surface area contributed by atoms with Gasteiger partial charge in [-0.3, -0.25) is 0 Å². The molecule has 102 valence electrons. The first-order valence-corrected chi connectivity index (χ1v) is 6.76. The van der Waals surface area contributed by atoms with E-state index in [1.165, 1.54) is 12.1 Å². The van der Waals surface area contributed by atoms with Crippen LogP contribution in [0.1, 0.15) is 5.56 Å². The van der Waals surface area contributed by atoms with Crippen LogP contribution in [0.3, 0.4) is 0 Å². The Kier molecular flexibility index (Phi) is 3.55. The van der Waals surface area contributed by atoms with Gasteiger partial charge in [0.2, 0.25) is 0 Å². The van der Waals surface area contributed by atoms with Crippen LogP contribution < -0.4 is 10.1 Å². The fourth-order valence-electron chi connectivity index (χ4n) is 2.04. The molecule has 0 spiro atoms. The van der Waals surface area contributed by atoms with Crippen LogP contribution in [0.15, 0.2) is 42.5 Å². The van der Waals surface area contributed by atoms with Crippen molar-refractivity contribution < 1.29 is 9.13 Å². The summed E-state index contributed by atoms with van der Waals surface area (Å²) in [6.07, 6.45) is 1.88. The van der Waals surface area contributed by atoms with E-state index in [2.05, 4.69) is 5.32 Å². The highest BCUT2D eigenvalue weighted by atomic mass is 35.5. The Morgan fingerprint density at radius 2 is 1.85 bits per heavy atom. The first kappa shape index (κ1) is 13.3. The lowest BCUT2D eigenvalue weighted by Gasteiger charge is -2.21. The second kappa shape index (κ2) is 5.35. The molecule has 2 aromatic rings. The molecule has 5 heteroatoms. The molecule has 2 aromatic carbocycles. The smallest absolute Gasteiger partial charge is 0.136 e. The molecule has 1 N–H and O–H groups in total. The van der Waals surface area contributed by atoms with Crippen molar-refractivity contribution in [3.8, 4) is 5.75 Å². The molecule has 0 aromatic heterocycles. The number of hydrogen-bond donors (Lipinski definition) is 1. The van der Waals surface area contributed by atoms with Crippen LogP contribution in [0.25, 0.3) is 5.76 Å². The van der Waals surface area contributed by atoms with Gasteiger partial charge in [0, 0.05) is 17.3 Å². The predicted octanol–water partition coefficient (Wildman–Crippen LogP) is 4.98. The quantitative estimate of drug-likeness (QED) is 0.845. The summed E-state index contributed by atoms with van der Waals surface area (Å²) in [4.78, 5) is 0. The number of benzene rings is 2. The molecular formula is C15H10Cl2FNO. The average Bonchev–Trinajstić information content (AvgIpc) is 2.41. The van der Waals surface area contributed by atoms with Gasteiger partial charge in [-0.15, -0.1) is 0 Å². The molecule has 0 saturated heterocycles. The second-order valence-electron chi connectivity index (χ2n) is 4.32. The fraction of sp³-hybridized carbons (Fsp3) is 0.0667. The highest BCUT2D eigenvalue weighted by Gasteiger charge is 2.18. The van der Waals surface area contributed by atoms with E-state index >= 15 is 0 Å². The van der Waals surface area contributed by atoms with Gasteiger partial charge in [-0.2, -0.15) is 0 Å². The standard InChI is InChI=1S/C15H10Cl2FNO/c16-9-7-12(17)15-13(8-9)19-6-5-14(15)20-11-3-1-10(18)2-4-11/h1-5,7-8,19H,6H2. The highest BCUT2D eigenvalue weighted by molar-refractivity contribution is 6.36. The number of anilines is 1. The monoisotopic (exact) mass is 309 g/mol. The summed E-state index contributed by atoms with van der Waals surface area (Å²) in [6, 6.07) is 9.30. The molecule has 0 aliphatic carbocycles. The van der Waals surface area contributed by atoms with Crippen LogP contribution >= 0.6 is 23.2 Å². The lowest BCUT2D eigenvalue weighted by Crippen LogP contribution is -2.11. The molecule has 1 heterocycles. The van der Waals surface area contributed by atoms with Crippen LogP contribution in [0.5, 0.6) is 5.75 Å². The zero-order chi connectivity index (χ0) is 14.1. The Balaban J connectivity index is 1.96. The van der Waals surface area contributed by atoms with Gasteiger partial charge in [-0.1, -0.05) is 23.2 Å². The maximum absolute atomic E-state index is 12.9. The van der Waals surface area contributed by atoms with Crippen molar-refractivity contribution in [3.63, 3.8) is 0 Å². The molecule has 20 heavy (non-hydrogen) atoms. The lowest BCUT2D eigenvalue weighted by atomic mass is 10.1. The molecule has 0 unspecified atom stereocenters. The second-order valence-corrected chi connectivity index (χ2v) is 5.16. The van der Waals surface area contributed by atoms with Crippen molar-refractivity contribution in [3.05, 3.63) is 63.9 Å². The molecule has 0 saturated carbocycles. The van der Waals surface area contributed by atoms with Crippen molar-refractivity contribution in [1.82, 2.24) is 0 Å². The third-order valence-electron chi connectivity index (χ3n) is 2.92. The number of nitrogens with one attached hydrogen (secondary N) is 1. The van der Waals surface area contributed by atoms with Gasteiger partial charge < -0.3 is 10.1 Å². The Morgan fingerprint density at radius 1 is 1.10 bits per heavy atom.